The fourth-order valence-electron chi connectivity index (χ4n) is 3.00. The molecule has 1 heterocycles. The predicted molar refractivity (Wildman–Crippen MR) is 110 cm³/mol. The second-order valence-electron chi connectivity index (χ2n) is 6.95. The first-order chi connectivity index (χ1) is 14.0. The van der Waals surface area contributed by atoms with E-state index >= 15 is 0 Å². The van der Waals surface area contributed by atoms with E-state index in [-0.39, 0.29) is 17.7 Å². The molecule has 0 aliphatic rings. The minimum Gasteiger partial charge on any atom is -0.340 e. The number of nitrogens with one attached hydrogen (secondary N) is 2. The SMILES string of the molecule is CCC(C)C(NC(=O)c1ccccc1)C(=O)Nc1ccc(-n2cnnn2)c(C)c1. The van der Waals surface area contributed by atoms with E-state index in [0.29, 0.717) is 11.3 Å². The Morgan fingerprint density at radius 2 is 1.90 bits per heavy atom. The Hall–Kier alpha value is -3.55. The van der Waals surface area contributed by atoms with Gasteiger partial charge in [-0.1, -0.05) is 38.5 Å². The van der Waals surface area contributed by atoms with Gasteiger partial charge in [-0.05, 0) is 59.2 Å². The van der Waals surface area contributed by atoms with Gasteiger partial charge in [-0.15, -0.1) is 5.10 Å². The van der Waals surface area contributed by atoms with E-state index in [1.165, 1.54) is 6.33 Å². The number of hydrogen-bond donors (Lipinski definition) is 2. The van der Waals surface area contributed by atoms with Gasteiger partial charge >= 0.3 is 0 Å². The van der Waals surface area contributed by atoms with Crippen molar-refractivity contribution in [3.8, 4) is 5.69 Å². The van der Waals surface area contributed by atoms with E-state index in [4.69, 9.17) is 0 Å². The summed E-state index contributed by atoms with van der Waals surface area (Å²) in [5.74, 6) is -0.543. The van der Waals surface area contributed by atoms with Crippen LogP contribution in [0.3, 0.4) is 0 Å². The van der Waals surface area contributed by atoms with Gasteiger partial charge in [0, 0.05) is 11.3 Å². The minimum absolute atomic E-state index is 0.0238. The van der Waals surface area contributed by atoms with Crippen molar-refractivity contribution in [2.75, 3.05) is 5.32 Å². The van der Waals surface area contributed by atoms with E-state index in [1.807, 2.05) is 39.0 Å². The molecule has 0 bridgehead atoms. The number of nitrogens with zero attached hydrogens (tertiary/aromatic N) is 4. The fourth-order valence-corrected chi connectivity index (χ4v) is 3.00. The van der Waals surface area contributed by atoms with E-state index in [9.17, 15) is 9.59 Å². The Balaban J connectivity index is 1.75. The lowest BCUT2D eigenvalue weighted by Gasteiger charge is -2.24. The summed E-state index contributed by atoms with van der Waals surface area (Å²) in [6.45, 7) is 5.85. The highest BCUT2D eigenvalue weighted by Gasteiger charge is 2.26. The summed E-state index contributed by atoms with van der Waals surface area (Å²) < 4.78 is 1.56. The molecule has 0 fully saturated rings. The van der Waals surface area contributed by atoms with Crippen LogP contribution in [0, 0.1) is 12.8 Å². The van der Waals surface area contributed by atoms with Crippen molar-refractivity contribution < 1.29 is 9.59 Å². The highest BCUT2D eigenvalue weighted by Crippen LogP contribution is 2.19. The summed E-state index contributed by atoms with van der Waals surface area (Å²) in [6.07, 6.45) is 2.27. The number of benzene rings is 2. The molecular weight excluding hydrogens is 368 g/mol. The van der Waals surface area contributed by atoms with Crippen molar-refractivity contribution in [3.05, 3.63) is 66.0 Å². The van der Waals surface area contributed by atoms with E-state index in [0.717, 1.165) is 17.7 Å². The van der Waals surface area contributed by atoms with Crippen LogP contribution in [0.5, 0.6) is 0 Å². The second kappa shape index (κ2) is 9.09. The molecule has 0 aliphatic heterocycles. The average molecular weight is 392 g/mol. The molecule has 3 aromatic rings. The van der Waals surface area contributed by atoms with E-state index in [2.05, 4.69) is 26.2 Å². The summed E-state index contributed by atoms with van der Waals surface area (Å²) in [5, 5.41) is 16.9. The van der Waals surface area contributed by atoms with Gasteiger partial charge in [0.25, 0.3) is 5.91 Å². The zero-order chi connectivity index (χ0) is 20.8. The van der Waals surface area contributed by atoms with Gasteiger partial charge in [0.1, 0.15) is 12.4 Å². The fraction of sp³-hybridized carbons (Fsp3) is 0.286. The van der Waals surface area contributed by atoms with Gasteiger partial charge in [0.05, 0.1) is 5.69 Å². The number of anilines is 1. The Morgan fingerprint density at radius 3 is 2.52 bits per heavy atom. The molecule has 2 amide bonds. The molecular formula is C21H24N6O2. The lowest BCUT2D eigenvalue weighted by Crippen LogP contribution is -2.47. The van der Waals surface area contributed by atoms with Crippen LogP contribution >= 0.6 is 0 Å². The van der Waals surface area contributed by atoms with Crippen LogP contribution in [0.4, 0.5) is 5.69 Å². The van der Waals surface area contributed by atoms with Gasteiger partial charge in [0.2, 0.25) is 5.91 Å². The van der Waals surface area contributed by atoms with Crippen LogP contribution < -0.4 is 10.6 Å². The minimum atomic E-state index is -0.646. The normalized spacial score (nSPS) is 12.8. The van der Waals surface area contributed by atoms with Crippen molar-refractivity contribution in [2.24, 2.45) is 5.92 Å². The molecule has 1 aromatic heterocycles. The summed E-state index contributed by atoms with van der Waals surface area (Å²) in [4.78, 5) is 25.5. The van der Waals surface area contributed by atoms with Crippen molar-refractivity contribution in [3.63, 3.8) is 0 Å². The van der Waals surface area contributed by atoms with Gasteiger partial charge in [-0.2, -0.15) is 0 Å². The number of hydrogen-bond acceptors (Lipinski definition) is 5. The zero-order valence-corrected chi connectivity index (χ0v) is 16.7. The third-order valence-electron chi connectivity index (χ3n) is 4.88. The summed E-state index contributed by atoms with van der Waals surface area (Å²) in [5.41, 5.74) is 2.90. The molecule has 150 valence electrons. The molecule has 2 N–H and O–H groups in total. The Bertz CT molecular complexity index is 972. The molecule has 2 atom stereocenters. The van der Waals surface area contributed by atoms with Crippen LogP contribution in [-0.4, -0.2) is 38.1 Å². The number of aryl methyl sites for hydroxylation is 1. The maximum Gasteiger partial charge on any atom is 0.251 e. The van der Waals surface area contributed by atoms with Crippen LogP contribution in [0.25, 0.3) is 5.69 Å². The predicted octanol–water partition coefficient (Wildman–Crippen LogP) is 2.75. The van der Waals surface area contributed by atoms with Crippen molar-refractivity contribution in [1.29, 1.82) is 0 Å². The standard InChI is InChI=1S/C21H24N6O2/c1-4-14(2)19(24-20(28)16-8-6-5-7-9-16)21(29)23-17-10-11-18(15(3)12-17)27-13-22-25-26-27/h5-14,19H,4H2,1-3H3,(H,23,29)(H,24,28). The average Bonchev–Trinajstić information content (AvgIpc) is 3.26. The van der Waals surface area contributed by atoms with Crippen LogP contribution in [-0.2, 0) is 4.79 Å². The summed E-state index contributed by atoms with van der Waals surface area (Å²) >= 11 is 0. The number of tetrazole rings is 1. The van der Waals surface area contributed by atoms with Crippen molar-refractivity contribution in [2.45, 2.75) is 33.2 Å². The first kappa shape index (κ1) is 20.2. The molecule has 2 unspecified atom stereocenters. The molecule has 0 aliphatic carbocycles. The Kier molecular flexibility index (Phi) is 6.33. The molecule has 0 saturated carbocycles. The number of amides is 2. The quantitative estimate of drug-likeness (QED) is 0.644. The number of carbonyl (C=O) groups excluding carboxylic acids is 2. The number of rotatable bonds is 7. The monoisotopic (exact) mass is 392 g/mol. The number of carbonyl (C=O) groups is 2. The molecule has 0 spiro atoms. The highest BCUT2D eigenvalue weighted by molar-refractivity contribution is 6.01. The zero-order valence-electron chi connectivity index (χ0n) is 16.7. The Labute approximate surface area is 169 Å². The van der Waals surface area contributed by atoms with Gasteiger partial charge < -0.3 is 10.6 Å². The van der Waals surface area contributed by atoms with Crippen LogP contribution in [0.2, 0.25) is 0 Å². The first-order valence-electron chi connectivity index (χ1n) is 9.50. The first-order valence-corrected chi connectivity index (χ1v) is 9.50. The maximum atomic E-state index is 12.9. The largest absolute Gasteiger partial charge is 0.340 e. The second-order valence-corrected chi connectivity index (χ2v) is 6.95. The molecule has 29 heavy (non-hydrogen) atoms. The molecule has 8 nitrogen and oxygen atoms in total. The highest BCUT2D eigenvalue weighted by atomic mass is 16.2. The topological polar surface area (TPSA) is 102 Å². The van der Waals surface area contributed by atoms with Crippen LogP contribution in [0.15, 0.2) is 54.9 Å². The van der Waals surface area contributed by atoms with Gasteiger partial charge in [-0.3, -0.25) is 9.59 Å². The van der Waals surface area contributed by atoms with E-state index in [1.54, 1.807) is 35.0 Å². The molecule has 0 saturated heterocycles. The van der Waals surface area contributed by atoms with Gasteiger partial charge in [0.15, 0.2) is 0 Å². The third-order valence-corrected chi connectivity index (χ3v) is 4.88. The van der Waals surface area contributed by atoms with Crippen LogP contribution in [0.1, 0.15) is 36.2 Å². The third kappa shape index (κ3) is 4.84. The summed E-state index contributed by atoms with van der Waals surface area (Å²) in [6, 6.07) is 13.7. The van der Waals surface area contributed by atoms with Gasteiger partial charge in [-0.25, -0.2) is 4.68 Å². The maximum absolute atomic E-state index is 12.9. The van der Waals surface area contributed by atoms with Crippen molar-refractivity contribution in [1.82, 2.24) is 25.5 Å². The van der Waals surface area contributed by atoms with Crippen molar-refractivity contribution >= 4 is 17.5 Å². The smallest absolute Gasteiger partial charge is 0.251 e. The molecule has 8 heteroatoms. The molecule has 0 radical (unpaired) electrons. The molecule has 2 aromatic carbocycles. The lowest BCUT2D eigenvalue weighted by atomic mass is 9.97. The lowest BCUT2D eigenvalue weighted by molar-refractivity contribution is -0.119. The Morgan fingerprint density at radius 1 is 1.14 bits per heavy atom. The molecule has 3 rings (SSSR count). The number of aromatic nitrogens is 4. The van der Waals surface area contributed by atoms with E-state index < -0.39 is 6.04 Å². The summed E-state index contributed by atoms with van der Waals surface area (Å²) in [7, 11) is 0.